The number of hydrogen-bond donors (Lipinski definition) is 0. The van der Waals surface area contributed by atoms with Gasteiger partial charge < -0.3 is 4.90 Å². The van der Waals surface area contributed by atoms with E-state index in [0.29, 0.717) is 0 Å². The minimum atomic E-state index is 1.21. The topological polar surface area (TPSA) is 3.24 Å². The van der Waals surface area contributed by atoms with Crippen LogP contribution in [0.4, 0.5) is 5.69 Å². The summed E-state index contributed by atoms with van der Waals surface area (Å²) in [6.45, 7) is 4.61. The third-order valence-electron chi connectivity index (χ3n) is 2.75. The van der Waals surface area contributed by atoms with E-state index in [-0.39, 0.29) is 0 Å². The summed E-state index contributed by atoms with van der Waals surface area (Å²) < 4.78 is 2.60. The molecule has 1 aliphatic heterocycles. The third kappa shape index (κ3) is 1.94. The summed E-state index contributed by atoms with van der Waals surface area (Å²) in [5.74, 6) is 0. The van der Waals surface area contributed by atoms with Crippen LogP contribution in [-0.2, 0) is 0 Å². The summed E-state index contributed by atoms with van der Waals surface area (Å²) in [6, 6.07) is 4.38. The van der Waals surface area contributed by atoms with E-state index in [9.17, 15) is 0 Å². The number of hydrogen-bond acceptors (Lipinski definition) is 1. The predicted octanol–water partition coefficient (Wildman–Crippen LogP) is 3.96. The molecule has 0 spiro atoms. The maximum Gasteiger partial charge on any atom is 0.0505 e. The van der Waals surface area contributed by atoms with Gasteiger partial charge in [-0.1, -0.05) is 15.9 Å². The van der Waals surface area contributed by atoms with Gasteiger partial charge in [0.15, 0.2) is 0 Å². The monoisotopic (exact) mass is 365 g/mol. The van der Waals surface area contributed by atoms with Crippen molar-refractivity contribution in [3.63, 3.8) is 0 Å². The van der Waals surface area contributed by atoms with Crippen LogP contribution in [0.25, 0.3) is 0 Å². The lowest BCUT2D eigenvalue weighted by Gasteiger charge is -2.20. The Morgan fingerprint density at radius 1 is 1.29 bits per heavy atom. The van der Waals surface area contributed by atoms with Gasteiger partial charge in [0.25, 0.3) is 0 Å². The molecule has 1 aromatic rings. The smallest absolute Gasteiger partial charge is 0.0505 e. The molecule has 0 unspecified atom stereocenters. The number of nitrogens with zero attached hydrogens (tertiary/aromatic N) is 1. The van der Waals surface area contributed by atoms with Crippen molar-refractivity contribution in [3.05, 3.63) is 25.7 Å². The van der Waals surface area contributed by atoms with E-state index >= 15 is 0 Å². The molecular weight excluding hydrogens is 353 g/mol. The normalized spacial score (nSPS) is 16.4. The summed E-state index contributed by atoms with van der Waals surface area (Å²) in [7, 11) is 0. The summed E-state index contributed by atoms with van der Waals surface area (Å²) in [5, 5.41) is 0. The van der Waals surface area contributed by atoms with Crippen LogP contribution in [0.1, 0.15) is 18.4 Å². The van der Waals surface area contributed by atoms with Crippen LogP contribution in [-0.4, -0.2) is 13.1 Å². The van der Waals surface area contributed by atoms with E-state index in [1.54, 1.807) is 0 Å². The molecule has 0 atom stereocenters. The minimum absolute atomic E-state index is 1.21. The molecule has 0 aliphatic carbocycles. The van der Waals surface area contributed by atoms with Gasteiger partial charge in [-0.2, -0.15) is 0 Å². The quantitative estimate of drug-likeness (QED) is 0.681. The molecule has 1 fully saturated rings. The minimum Gasteiger partial charge on any atom is -0.371 e. The standard InChI is InChI=1S/C11H13BrIN/c1-8-9(12)4-5-10(11(8)13)14-6-2-3-7-14/h4-5H,2-3,6-7H2,1H3. The third-order valence-corrected chi connectivity index (χ3v) is 4.97. The average Bonchev–Trinajstić information content (AvgIpc) is 2.67. The van der Waals surface area contributed by atoms with Crippen molar-refractivity contribution in [3.8, 4) is 0 Å². The molecule has 14 heavy (non-hydrogen) atoms. The molecule has 1 heterocycles. The van der Waals surface area contributed by atoms with Gasteiger partial charge in [0.1, 0.15) is 0 Å². The van der Waals surface area contributed by atoms with Gasteiger partial charge in [-0.3, -0.25) is 0 Å². The molecule has 0 saturated carbocycles. The van der Waals surface area contributed by atoms with Crippen LogP contribution in [0, 0.1) is 10.5 Å². The average molecular weight is 366 g/mol. The molecule has 1 nitrogen and oxygen atoms in total. The van der Waals surface area contributed by atoms with E-state index in [2.05, 4.69) is 62.5 Å². The Morgan fingerprint density at radius 2 is 1.93 bits per heavy atom. The van der Waals surface area contributed by atoms with Crippen molar-refractivity contribution in [2.24, 2.45) is 0 Å². The Labute approximate surface area is 107 Å². The zero-order valence-corrected chi connectivity index (χ0v) is 11.9. The second-order valence-corrected chi connectivity index (χ2v) is 5.63. The first-order valence-electron chi connectivity index (χ1n) is 4.89. The van der Waals surface area contributed by atoms with Crippen LogP contribution < -0.4 is 4.90 Å². The molecule has 0 radical (unpaired) electrons. The van der Waals surface area contributed by atoms with Crippen molar-refractivity contribution in [1.29, 1.82) is 0 Å². The second-order valence-electron chi connectivity index (χ2n) is 3.70. The number of rotatable bonds is 1. The maximum absolute atomic E-state index is 3.57. The second kappa shape index (κ2) is 4.39. The van der Waals surface area contributed by atoms with Crippen LogP contribution in [0.3, 0.4) is 0 Å². The highest BCUT2D eigenvalue weighted by molar-refractivity contribution is 14.1. The Morgan fingerprint density at radius 3 is 2.57 bits per heavy atom. The summed E-state index contributed by atoms with van der Waals surface area (Å²) in [6.07, 6.45) is 2.68. The summed E-state index contributed by atoms with van der Waals surface area (Å²) in [4.78, 5) is 2.49. The fourth-order valence-corrected chi connectivity index (χ4v) is 3.36. The van der Waals surface area contributed by atoms with E-state index in [0.717, 1.165) is 0 Å². The molecule has 1 aliphatic rings. The van der Waals surface area contributed by atoms with Crippen LogP contribution in [0.15, 0.2) is 16.6 Å². The molecule has 0 aromatic heterocycles. The molecule has 2 rings (SSSR count). The van der Waals surface area contributed by atoms with E-state index in [1.807, 2.05) is 0 Å². The zero-order valence-electron chi connectivity index (χ0n) is 8.19. The number of anilines is 1. The molecule has 0 bridgehead atoms. The summed E-state index contributed by atoms with van der Waals surface area (Å²) in [5.41, 5.74) is 2.76. The fraction of sp³-hybridized carbons (Fsp3) is 0.455. The fourth-order valence-electron chi connectivity index (χ4n) is 1.85. The van der Waals surface area contributed by atoms with Crippen molar-refractivity contribution in [2.45, 2.75) is 19.8 Å². The highest BCUT2D eigenvalue weighted by Crippen LogP contribution is 2.32. The SMILES string of the molecule is Cc1c(Br)ccc(N2CCCC2)c1I. The zero-order chi connectivity index (χ0) is 10.1. The van der Waals surface area contributed by atoms with Gasteiger partial charge in [-0.05, 0) is 60.1 Å². The Hall–Kier alpha value is 0.230. The van der Waals surface area contributed by atoms with E-state index in [4.69, 9.17) is 0 Å². The predicted molar refractivity (Wildman–Crippen MR) is 73.0 cm³/mol. The Balaban J connectivity index is 2.38. The van der Waals surface area contributed by atoms with Crippen molar-refractivity contribution in [2.75, 3.05) is 18.0 Å². The summed E-state index contributed by atoms with van der Waals surface area (Å²) >= 11 is 6.01. The lowest BCUT2D eigenvalue weighted by atomic mass is 10.2. The van der Waals surface area contributed by atoms with Gasteiger partial charge in [0.05, 0.1) is 5.69 Å². The first-order chi connectivity index (χ1) is 6.70. The van der Waals surface area contributed by atoms with Gasteiger partial charge in [-0.15, -0.1) is 0 Å². The number of halogens is 2. The lowest BCUT2D eigenvalue weighted by molar-refractivity contribution is 0.949. The van der Waals surface area contributed by atoms with Crippen LogP contribution in [0.5, 0.6) is 0 Å². The molecule has 76 valence electrons. The molecule has 1 saturated heterocycles. The van der Waals surface area contributed by atoms with E-state index < -0.39 is 0 Å². The molecule has 0 amide bonds. The Bertz CT molecular complexity index is 345. The van der Waals surface area contributed by atoms with Gasteiger partial charge in [-0.25, -0.2) is 0 Å². The molecule has 3 heteroatoms. The van der Waals surface area contributed by atoms with E-state index in [1.165, 1.54) is 45.2 Å². The highest BCUT2D eigenvalue weighted by atomic mass is 127. The van der Waals surface area contributed by atoms with Gasteiger partial charge in [0, 0.05) is 21.1 Å². The Kier molecular flexibility index (Phi) is 3.37. The first-order valence-corrected chi connectivity index (χ1v) is 6.77. The highest BCUT2D eigenvalue weighted by Gasteiger charge is 2.16. The molecular formula is C11H13BrIN. The van der Waals surface area contributed by atoms with Crippen molar-refractivity contribution in [1.82, 2.24) is 0 Å². The van der Waals surface area contributed by atoms with Crippen LogP contribution >= 0.6 is 38.5 Å². The van der Waals surface area contributed by atoms with Crippen molar-refractivity contribution < 1.29 is 0 Å². The first kappa shape index (κ1) is 10.7. The largest absolute Gasteiger partial charge is 0.371 e. The van der Waals surface area contributed by atoms with Gasteiger partial charge >= 0.3 is 0 Å². The van der Waals surface area contributed by atoms with Crippen LogP contribution in [0.2, 0.25) is 0 Å². The van der Waals surface area contributed by atoms with Gasteiger partial charge in [0.2, 0.25) is 0 Å². The molecule has 0 N–H and O–H groups in total. The molecule has 1 aromatic carbocycles. The lowest BCUT2D eigenvalue weighted by Crippen LogP contribution is -2.19. The van der Waals surface area contributed by atoms with Crippen molar-refractivity contribution >= 4 is 44.2 Å². The number of benzene rings is 1. The maximum atomic E-state index is 3.57.